The second-order valence-electron chi connectivity index (χ2n) is 4.94. The van der Waals surface area contributed by atoms with Crippen LogP contribution in [0.1, 0.15) is 42.2 Å². The summed E-state index contributed by atoms with van der Waals surface area (Å²) in [5, 5.41) is 9.84. The number of aliphatic hydroxyl groups is 1. The molecule has 0 aromatic carbocycles. The van der Waals surface area contributed by atoms with E-state index in [9.17, 15) is 9.90 Å². The van der Waals surface area contributed by atoms with Gasteiger partial charge in [0, 0.05) is 24.3 Å². The predicted molar refractivity (Wildman–Crippen MR) is 74.4 cm³/mol. The molecular formula is C14H19ClN2O2. The first-order chi connectivity index (χ1) is 9.10. The number of nitrogens with zero attached hydrogens (tertiary/aromatic N) is 2. The number of hydrogen-bond acceptors (Lipinski definition) is 3. The van der Waals surface area contributed by atoms with E-state index in [4.69, 9.17) is 11.6 Å². The van der Waals surface area contributed by atoms with Gasteiger partial charge in [-0.3, -0.25) is 4.79 Å². The van der Waals surface area contributed by atoms with Gasteiger partial charge in [-0.05, 0) is 31.4 Å². The SMILES string of the molecule is CCCc1cc(C(=O)N2CCC(O)CC2)cc(Cl)n1. The third kappa shape index (κ3) is 3.67. The fourth-order valence-electron chi connectivity index (χ4n) is 2.31. The molecule has 0 bridgehead atoms. The van der Waals surface area contributed by atoms with Crippen LogP contribution in [0.25, 0.3) is 0 Å². The molecule has 2 heterocycles. The number of piperidine rings is 1. The van der Waals surface area contributed by atoms with Gasteiger partial charge in [0.2, 0.25) is 0 Å². The van der Waals surface area contributed by atoms with Crippen molar-refractivity contribution in [2.45, 2.75) is 38.7 Å². The Hall–Kier alpha value is -1.13. The number of aromatic nitrogens is 1. The molecular weight excluding hydrogens is 264 g/mol. The lowest BCUT2D eigenvalue weighted by Crippen LogP contribution is -2.40. The number of aryl methyl sites for hydroxylation is 1. The van der Waals surface area contributed by atoms with Gasteiger partial charge < -0.3 is 10.0 Å². The van der Waals surface area contributed by atoms with E-state index in [-0.39, 0.29) is 12.0 Å². The lowest BCUT2D eigenvalue weighted by Gasteiger charge is -2.29. The van der Waals surface area contributed by atoms with Crippen molar-refractivity contribution in [2.75, 3.05) is 13.1 Å². The second-order valence-corrected chi connectivity index (χ2v) is 5.33. The number of amides is 1. The fraction of sp³-hybridized carbons (Fsp3) is 0.571. The first kappa shape index (κ1) is 14.3. The van der Waals surface area contributed by atoms with Gasteiger partial charge in [0.15, 0.2) is 0 Å². The molecule has 0 saturated carbocycles. The van der Waals surface area contributed by atoms with Crippen LogP contribution in [0.4, 0.5) is 0 Å². The van der Waals surface area contributed by atoms with Crippen molar-refractivity contribution in [3.63, 3.8) is 0 Å². The number of pyridine rings is 1. The number of aliphatic hydroxyl groups excluding tert-OH is 1. The molecule has 1 N–H and O–H groups in total. The lowest BCUT2D eigenvalue weighted by atomic mass is 10.1. The number of rotatable bonds is 3. The van der Waals surface area contributed by atoms with E-state index in [1.165, 1.54) is 0 Å². The smallest absolute Gasteiger partial charge is 0.254 e. The van der Waals surface area contributed by atoms with E-state index in [0.717, 1.165) is 18.5 Å². The van der Waals surface area contributed by atoms with Crippen molar-refractivity contribution in [3.05, 3.63) is 28.5 Å². The Morgan fingerprint density at radius 3 is 2.79 bits per heavy atom. The summed E-state index contributed by atoms with van der Waals surface area (Å²) in [6.45, 7) is 3.27. The van der Waals surface area contributed by atoms with E-state index in [1.54, 1.807) is 11.0 Å². The van der Waals surface area contributed by atoms with Crippen molar-refractivity contribution >= 4 is 17.5 Å². The molecule has 1 aliphatic rings. The summed E-state index contributed by atoms with van der Waals surface area (Å²) >= 11 is 5.97. The molecule has 104 valence electrons. The average Bonchev–Trinajstić information content (AvgIpc) is 2.38. The zero-order chi connectivity index (χ0) is 13.8. The van der Waals surface area contributed by atoms with Crippen LogP contribution in [0.5, 0.6) is 0 Å². The van der Waals surface area contributed by atoms with Crippen molar-refractivity contribution in [1.29, 1.82) is 0 Å². The van der Waals surface area contributed by atoms with Crippen LogP contribution in [-0.4, -0.2) is 40.1 Å². The Bertz CT molecular complexity index is 457. The van der Waals surface area contributed by atoms with Crippen LogP contribution in [0.3, 0.4) is 0 Å². The van der Waals surface area contributed by atoms with Crippen LogP contribution < -0.4 is 0 Å². The third-order valence-electron chi connectivity index (χ3n) is 3.35. The quantitative estimate of drug-likeness (QED) is 0.866. The predicted octanol–water partition coefficient (Wildman–Crippen LogP) is 2.28. The molecule has 4 nitrogen and oxygen atoms in total. The first-order valence-electron chi connectivity index (χ1n) is 6.74. The molecule has 0 atom stereocenters. The summed E-state index contributed by atoms with van der Waals surface area (Å²) < 4.78 is 0. The van der Waals surface area contributed by atoms with Crippen LogP contribution in [-0.2, 0) is 6.42 Å². The Morgan fingerprint density at radius 1 is 1.47 bits per heavy atom. The lowest BCUT2D eigenvalue weighted by molar-refractivity contribution is 0.0546. The van der Waals surface area contributed by atoms with Crippen LogP contribution in [0.15, 0.2) is 12.1 Å². The van der Waals surface area contributed by atoms with E-state index in [1.807, 2.05) is 6.07 Å². The Kier molecular flexibility index (Phi) is 4.77. The van der Waals surface area contributed by atoms with Gasteiger partial charge in [0.1, 0.15) is 5.15 Å². The Balaban J connectivity index is 2.14. The van der Waals surface area contributed by atoms with Gasteiger partial charge in [-0.15, -0.1) is 0 Å². The van der Waals surface area contributed by atoms with Gasteiger partial charge in [-0.2, -0.15) is 0 Å². The normalized spacial score (nSPS) is 16.7. The maximum atomic E-state index is 12.4. The molecule has 1 aliphatic heterocycles. The van der Waals surface area contributed by atoms with Gasteiger partial charge >= 0.3 is 0 Å². The molecule has 0 spiro atoms. The maximum absolute atomic E-state index is 12.4. The largest absolute Gasteiger partial charge is 0.393 e. The van der Waals surface area contributed by atoms with Crippen molar-refractivity contribution in [3.8, 4) is 0 Å². The van der Waals surface area contributed by atoms with Gasteiger partial charge in [-0.1, -0.05) is 24.9 Å². The van der Waals surface area contributed by atoms with Gasteiger partial charge in [0.25, 0.3) is 5.91 Å². The highest BCUT2D eigenvalue weighted by Gasteiger charge is 2.22. The van der Waals surface area contributed by atoms with E-state index in [2.05, 4.69) is 11.9 Å². The average molecular weight is 283 g/mol. The zero-order valence-corrected chi connectivity index (χ0v) is 11.9. The standard InChI is InChI=1S/C14H19ClN2O2/c1-2-3-11-8-10(9-13(15)16-11)14(19)17-6-4-12(18)5-7-17/h8-9,12,18H,2-7H2,1H3. The van der Waals surface area contributed by atoms with Crippen LogP contribution in [0, 0.1) is 0 Å². The van der Waals surface area contributed by atoms with Gasteiger partial charge in [0.05, 0.1) is 6.10 Å². The fourth-order valence-corrected chi connectivity index (χ4v) is 2.54. The second kappa shape index (κ2) is 6.35. The molecule has 0 aliphatic carbocycles. The highest BCUT2D eigenvalue weighted by Crippen LogP contribution is 2.17. The van der Waals surface area contributed by atoms with E-state index < -0.39 is 0 Å². The molecule has 1 aromatic heterocycles. The Labute approximate surface area is 118 Å². The minimum absolute atomic E-state index is 0.0199. The molecule has 2 rings (SSSR count). The molecule has 0 radical (unpaired) electrons. The molecule has 1 fully saturated rings. The summed E-state index contributed by atoms with van der Waals surface area (Å²) in [5.41, 5.74) is 1.45. The number of likely N-dealkylation sites (tertiary alicyclic amines) is 1. The van der Waals surface area contributed by atoms with E-state index in [0.29, 0.717) is 36.6 Å². The summed E-state index contributed by atoms with van der Waals surface area (Å²) in [4.78, 5) is 18.4. The highest BCUT2D eigenvalue weighted by molar-refractivity contribution is 6.29. The summed E-state index contributed by atoms with van der Waals surface area (Å²) in [6.07, 6.45) is 2.80. The van der Waals surface area contributed by atoms with Crippen LogP contribution >= 0.6 is 11.6 Å². The molecule has 19 heavy (non-hydrogen) atoms. The number of carbonyl (C=O) groups is 1. The van der Waals surface area contributed by atoms with Crippen molar-refractivity contribution < 1.29 is 9.90 Å². The topological polar surface area (TPSA) is 53.4 Å². The van der Waals surface area contributed by atoms with Gasteiger partial charge in [-0.25, -0.2) is 4.98 Å². The molecule has 1 saturated heterocycles. The van der Waals surface area contributed by atoms with Crippen molar-refractivity contribution in [2.24, 2.45) is 0 Å². The maximum Gasteiger partial charge on any atom is 0.254 e. The summed E-state index contributed by atoms with van der Waals surface area (Å²) in [7, 11) is 0. The van der Waals surface area contributed by atoms with Crippen molar-refractivity contribution in [1.82, 2.24) is 9.88 Å². The molecule has 5 heteroatoms. The number of halogens is 1. The summed E-state index contributed by atoms with van der Waals surface area (Å²) in [5.74, 6) is -0.0199. The third-order valence-corrected chi connectivity index (χ3v) is 3.55. The monoisotopic (exact) mass is 282 g/mol. The zero-order valence-electron chi connectivity index (χ0n) is 11.1. The van der Waals surface area contributed by atoms with Crippen LogP contribution in [0.2, 0.25) is 5.15 Å². The molecule has 1 amide bonds. The minimum Gasteiger partial charge on any atom is -0.393 e. The highest BCUT2D eigenvalue weighted by atomic mass is 35.5. The number of hydrogen-bond donors (Lipinski definition) is 1. The number of carbonyl (C=O) groups excluding carboxylic acids is 1. The minimum atomic E-state index is -0.277. The molecule has 1 aromatic rings. The Morgan fingerprint density at radius 2 is 2.16 bits per heavy atom. The van der Waals surface area contributed by atoms with E-state index >= 15 is 0 Å². The molecule has 0 unspecified atom stereocenters. The summed E-state index contributed by atoms with van der Waals surface area (Å²) in [6, 6.07) is 3.44. The first-order valence-corrected chi connectivity index (χ1v) is 7.11.